The Morgan fingerprint density at radius 2 is 1.92 bits per heavy atom. The lowest BCUT2D eigenvalue weighted by Crippen LogP contribution is -2.58. The van der Waals surface area contributed by atoms with Crippen molar-refractivity contribution in [3.8, 4) is 16.9 Å². The van der Waals surface area contributed by atoms with Crippen molar-refractivity contribution >= 4 is 17.5 Å². The fourth-order valence-electron chi connectivity index (χ4n) is 3.40. The number of alkyl halides is 2. The Labute approximate surface area is 154 Å². The van der Waals surface area contributed by atoms with Crippen LogP contribution in [0.2, 0.25) is 5.02 Å². The zero-order valence-corrected chi connectivity index (χ0v) is 14.6. The third-order valence-electron chi connectivity index (χ3n) is 4.77. The van der Waals surface area contributed by atoms with Crippen LogP contribution in [0, 0.1) is 0 Å². The largest absolute Gasteiger partial charge is 0.487 e. The van der Waals surface area contributed by atoms with E-state index in [-0.39, 0.29) is 12.0 Å². The minimum atomic E-state index is -2.76. The van der Waals surface area contributed by atoms with Crippen molar-refractivity contribution in [1.29, 1.82) is 0 Å². The van der Waals surface area contributed by atoms with Crippen LogP contribution in [0.4, 0.5) is 8.78 Å². The number of hydrogen-bond acceptors (Lipinski definition) is 3. The van der Waals surface area contributed by atoms with E-state index in [0.717, 1.165) is 21.6 Å². The fraction of sp³-hybridized carbons (Fsp3) is 0.316. The monoisotopic (exact) mass is 378 g/mol. The molecular formula is C19H17ClF2N2O2. The molecule has 1 fully saturated rings. The van der Waals surface area contributed by atoms with Gasteiger partial charge < -0.3 is 15.4 Å². The van der Waals surface area contributed by atoms with E-state index in [1.54, 1.807) is 18.2 Å². The third kappa shape index (κ3) is 2.93. The summed E-state index contributed by atoms with van der Waals surface area (Å²) < 4.78 is 31.7. The molecule has 0 bridgehead atoms. The van der Waals surface area contributed by atoms with Crippen LogP contribution in [-0.2, 0) is 6.42 Å². The predicted octanol–water partition coefficient (Wildman–Crippen LogP) is 3.36. The number of nitrogens with zero attached hydrogens (tertiary/aromatic N) is 1. The second-order valence-corrected chi connectivity index (χ2v) is 7.08. The van der Waals surface area contributed by atoms with E-state index in [9.17, 15) is 13.6 Å². The van der Waals surface area contributed by atoms with Crippen molar-refractivity contribution in [3.05, 3.63) is 52.5 Å². The summed E-state index contributed by atoms with van der Waals surface area (Å²) in [5.41, 5.74) is 8.97. The standard InChI is InChI=1S/C19H17ClF2N2O2/c20-16-6-5-14(15-7-13(8-23)26-17(15)16)11-1-3-12(4-2-11)18(25)24-9-19(21,22)10-24/h1-6,13H,7-10,23H2. The van der Waals surface area contributed by atoms with Crippen molar-refractivity contribution in [2.75, 3.05) is 19.6 Å². The molecule has 0 spiro atoms. The van der Waals surface area contributed by atoms with E-state index in [1.165, 1.54) is 0 Å². The minimum Gasteiger partial charge on any atom is -0.487 e. The van der Waals surface area contributed by atoms with Crippen LogP contribution in [0.25, 0.3) is 11.1 Å². The van der Waals surface area contributed by atoms with Crippen LogP contribution in [0.5, 0.6) is 5.75 Å². The molecule has 2 N–H and O–H groups in total. The van der Waals surface area contributed by atoms with Gasteiger partial charge >= 0.3 is 0 Å². The predicted molar refractivity (Wildman–Crippen MR) is 94.9 cm³/mol. The SMILES string of the molecule is NCC1Cc2c(-c3ccc(C(=O)N4CC(F)(F)C4)cc3)ccc(Cl)c2O1. The van der Waals surface area contributed by atoms with Gasteiger partial charge in [-0.05, 0) is 29.3 Å². The highest BCUT2D eigenvalue weighted by Gasteiger charge is 2.46. The quantitative estimate of drug-likeness (QED) is 0.891. The molecule has 0 saturated carbocycles. The first-order chi connectivity index (χ1) is 12.4. The highest BCUT2D eigenvalue weighted by Crippen LogP contribution is 2.42. The molecule has 0 aliphatic carbocycles. The normalized spacial score (nSPS) is 20.3. The van der Waals surface area contributed by atoms with Gasteiger partial charge in [0.2, 0.25) is 0 Å². The van der Waals surface area contributed by atoms with E-state index in [4.69, 9.17) is 22.1 Å². The second-order valence-electron chi connectivity index (χ2n) is 6.68. The van der Waals surface area contributed by atoms with Crippen LogP contribution < -0.4 is 10.5 Å². The molecule has 1 atom stereocenters. The molecule has 2 aliphatic heterocycles. The number of carbonyl (C=O) groups is 1. The van der Waals surface area contributed by atoms with Crippen molar-refractivity contribution in [2.45, 2.75) is 18.4 Å². The van der Waals surface area contributed by atoms with Gasteiger partial charge in [-0.1, -0.05) is 29.8 Å². The Bertz CT molecular complexity index is 863. The number of carbonyl (C=O) groups excluding carboxylic acids is 1. The van der Waals surface area contributed by atoms with Crippen molar-refractivity contribution in [3.63, 3.8) is 0 Å². The number of amides is 1. The van der Waals surface area contributed by atoms with Gasteiger partial charge in [0.15, 0.2) is 0 Å². The number of rotatable bonds is 3. The maximum Gasteiger partial charge on any atom is 0.282 e. The molecule has 136 valence electrons. The number of hydrogen-bond donors (Lipinski definition) is 1. The van der Waals surface area contributed by atoms with Gasteiger partial charge in [0, 0.05) is 24.1 Å². The molecule has 1 amide bonds. The lowest BCUT2D eigenvalue weighted by Gasteiger charge is -2.38. The first-order valence-corrected chi connectivity index (χ1v) is 8.71. The smallest absolute Gasteiger partial charge is 0.282 e. The highest BCUT2D eigenvalue weighted by molar-refractivity contribution is 6.32. The van der Waals surface area contributed by atoms with Gasteiger partial charge in [-0.25, -0.2) is 8.78 Å². The van der Waals surface area contributed by atoms with Gasteiger partial charge in [0.1, 0.15) is 11.9 Å². The van der Waals surface area contributed by atoms with Gasteiger partial charge in [-0.15, -0.1) is 0 Å². The average Bonchev–Trinajstić information content (AvgIpc) is 3.05. The van der Waals surface area contributed by atoms with E-state index in [2.05, 4.69) is 0 Å². The van der Waals surface area contributed by atoms with Gasteiger partial charge in [0.05, 0.1) is 18.1 Å². The topological polar surface area (TPSA) is 55.6 Å². The Hall–Kier alpha value is -2.18. The summed E-state index contributed by atoms with van der Waals surface area (Å²) in [5.74, 6) is -2.49. The van der Waals surface area contributed by atoms with Crippen LogP contribution in [0.3, 0.4) is 0 Å². The number of ether oxygens (including phenoxy) is 1. The second kappa shape index (κ2) is 6.21. The molecule has 1 unspecified atom stereocenters. The number of benzene rings is 2. The molecule has 2 aromatic rings. The number of fused-ring (bicyclic) bond motifs is 1. The Morgan fingerprint density at radius 3 is 2.54 bits per heavy atom. The first kappa shape index (κ1) is 17.2. The summed E-state index contributed by atoms with van der Waals surface area (Å²) >= 11 is 6.22. The summed E-state index contributed by atoms with van der Waals surface area (Å²) in [6, 6.07) is 10.6. The summed E-state index contributed by atoms with van der Waals surface area (Å²) in [7, 11) is 0. The summed E-state index contributed by atoms with van der Waals surface area (Å²) in [6.45, 7) is -0.634. The Kier molecular flexibility index (Phi) is 4.12. The average molecular weight is 379 g/mol. The molecule has 2 aromatic carbocycles. The molecule has 7 heteroatoms. The third-order valence-corrected chi connectivity index (χ3v) is 5.06. The molecule has 2 aliphatic rings. The number of nitrogens with two attached hydrogens (primary N) is 1. The van der Waals surface area contributed by atoms with Crippen molar-refractivity contribution in [2.24, 2.45) is 5.73 Å². The lowest BCUT2D eigenvalue weighted by molar-refractivity contribution is -0.113. The van der Waals surface area contributed by atoms with E-state index >= 15 is 0 Å². The minimum absolute atomic E-state index is 0.0995. The van der Waals surface area contributed by atoms with Gasteiger partial charge in [-0.3, -0.25) is 4.79 Å². The van der Waals surface area contributed by atoms with Crippen LogP contribution in [0.1, 0.15) is 15.9 Å². The van der Waals surface area contributed by atoms with Crippen molar-refractivity contribution < 1.29 is 18.3 Å². The summed E-state index contributed by atoms with van der Waals surface area (Å²) in [4.78, 5) is 13.4. The van der Waals surface area contributed by atoms with Crippen LogP contribution >= 0.6 is 11.6 Å². The van der Waals surface area contributed by atoms with Crippen LogP contribution in [-0.4, -0.2) is 42.5 Å². The van der Waals surface area contributed by atoms with Gasteiger partial charge in [0.25, 0.3) is 11.8 Å². The molecule has 0 radical (unpaired) electrons. The van der Waals surface area contributed by atoms with Crippen molar-refractivity contribution in [1.82, 2.24) is 4.90 Å². The first-order valence-electron chi connectivity index (χ1n) is 8.33. The summed E-state index contributed by atoms with van der Waals surface area (Å²) in [6.07, 6.45) is 0.572. The molecule has 4 rings (SSSR count). The molecule has 1 saturated heterocycles. The van der Waals surface area contributed by atoms with Crippen LogP contribution in [0.15, 0.2) is 36.4 Å². The molecule has 26 heavy (non-hydrogen) atoms. The number of likely N-dealkylation sites (tertiary alicyclic amines) is 1. The summed E-state index contributed by atoms with van der Waals surface area (Å²) in [5, 5.41) is 0.546. The fourth-order valence-corrected chi connectivity index (χ4v) is 3.62. The molecule has 2 heterocycles. The van der Waals surface area contributed by atoms with E-state index < -0.39 is 19.0 Å². The lowest BCUT2D eigenvalue weighted by atomic mass is 9.95. The maximum absolute atomic E-state index is 12.9. The van der Waals surface area contributed by atoms with E-state index in [1.807, 2.05) is 18.2 Å². The number of halogens is 3. The maximum atomic E-state index is 12.9. The zero-order chi connectivity index (χ0) is 18.5. The highest BCUT2D eigenvalue weighted by atomic mass is 35.5. The molecule has 4 nitrogen and oxygen atoms in total. The Morgan fingerprint density at radius 1 is 1.23 bits per heavy atom. The van der Waals surface area contributed by atoms with Gasteiger partial charge in [-0.2, -0.15) is 0 Å². The molecular weight excluding hydrogens is 362 g/mol. The Balaban J connectivity index is 1.59. The van der Waals surface area contributed by atoms with E-state index in [0.29, 0.717) is 29.3 Å². The molecule has 0 aromatic heterocycles. The zero-order valence-electron chi connectivity index (χ0n) is 13.8.